The summed E-state index contributed by atoms with van der Waals surface area (Å²) in [5.41, 5.74) is -0.904. The summed E-state index contributed by atoms with van der Waals surface area (Å²) < 4.78 is 11.4. The van der Waals surface area contributed by atoms with Crippen molar-refractivity contribution >= 4 is 39.7 Å². The molecule has 1 N–H and O–H groups in total. The molecule has 0 aromatic heterocycles. The van der Waals surface area contributed by atoms with Gasteiger partial charge in [-0.2, -0.15) is 0 Å². The van der Waals surface area contributed by atoms with Crippen molar-refractivity contribution in [3.8, 4) is 0 Å². The Kier molecular flexibility index (Phi) is 8.68. The fraction of sp³-hybridized carbons (Fsp3) is 0.583. The van der Waals surface area contributed by atoms with Crippen LogP contribution in [0.5, 0.6) is 0 Å². The quantitative estimate of drug-likeness (QED) is 0.443. The molecule has 0 bridgehead atoms. The fourth-order valence-corrected chi connectivity index (χ4v) is 3.73. The number of carbonyl (C=O) groups excluding carboxylic acids is 4. The molecular formula is C24H33BrN2O6. The summed E-state index contributed by atoms with van der Waals surface area (Å²) in [5, 5.41) is 2.66. The summed E-state index contributed by atoms with van der Waals surface area (Å²) in [6, 6.07) is 5.04. The fourth-order valence-electron chi connectivity index (χ4n) is 3.47. The Bertz CT molecular complexity index is 886. The topological polar surface area (TPSA) is 102 Å². The van der Waals surface area contributed by atoms with E-state index >= 15 is 0 Å². The third-order valence-electron chi connectivity index (χ3n) is 5.09. The van der Waals surface area contributed by atoms with Crippen LogP contribution in [0.3, 0.4) is 0 Å². The first kappa shape index (κ1) is 26.8. The van der Waals surface area contributed by atoms with Crippen molar-refractivity contribution in [1.82, 2.24) is 10.2 Å². The van der Waals surface area contributed by atoms with E-state index in [-0.39, 0.29) is 11.7 Å². The molecule has 2 rings (SSSR count). The van der Waals surface area contributed by atoms with E-state index in [1.165, 1.54) is 4.90 Å². The number of rotatable bonds is 6. The predicted octanol–water partition coefficient (Wildman–Crippen LogP) is 4.11. The largest absolute Gasteiger partial charge is 0.456 e. The number of hydrogen-bond donors (Lipinski definition) is 1. The summed E-state index contributed by atoms with van der Waals surface area (Å²) in [7, 11) is 0. The number of carbonyl (C=O) groups is 4. The molecule has 1 aliphatic rings. The number of ether oxygens (including phenoxy) is 2. The zero-order chi connectivity index (χ0) is 25.0. The van der Waals surface area contributed by atoms with Gasteiger partial charge in [0.15, 0.2) is 12.4 Å². The van der Waals surface area contributed by atoms with Gasteiger partial charge in [0.2, 0.25) is 5.91 Å². The Balaban J connectivity index is 2.06. The first-order valence-corrected chi connectivity index (χ1v) is 11.7. The third-order valence-corrected chi connectivity index (χ3v) is 5.62. The first-order chi connectivity index (χ1) is 15.2. The molecule has 1 aromatic carbocycles. The number of esters is 1. The zero-order valence-electron chi connectivity index (χ0n) is 20.1. The molecule has 1 saturated heterocycles. The minimum absolute atomic E-state index is 0.328. The van der Waals surface area contributed by atoms with E-state index in [4.69, 9.17) is 9.47 Å². The van der Waals surface area contributed by atoms with Gasteiger partial charge >= 0.3 is 12.1 Å². The minimum atomic E-state index is -0.898. The Morgan fingerprint density at radius 1 is 1.09 bits per heavy atom. The van der Waals surface area contributed by atoms with E-state index in [0.29, 0.717) is 24.9 Å². The highest BCUT2D eigenvalue weighted by atomic mass is 79.9. The monoisotopic (exact) mass is 524 g/mol. The summed E-state index contributed by atoms with van der Waals surface area (Å²) in [5.74, 6) is -1.34. The Morgan fingerprint density at radius 2 is 1.70 bits per heavy atom. The Morgan fingerprint density at radius 3 is 2.24 bits per heavy atom. The normalized spacial score (nSPS) is 17.3. The molecule has 0 saturated carbocycles. The van der Waals surface area contributed by atoms with E-state index in [2.05, 4.69) is 21.2 Å². The Labute approximate surface area is 203 Å². The number of likely N-dealkylation sites (tertiary alicyclic amines) is 1. The summed E-state index contributed by atoms with van der Waals surface area (Å²) in [6.45, 7) is 10.7. The SMILES string of the molecule is CC(C)(C)OC(=O)NC(C(=O)N1CCCC1C(=O)OCC(=O)c1ccc(Br)cc1)C(C)(C)C. The zero-order valence-corrected chi connectivity index (χ0v) is 21.7. The van der Waals surface area contributed by atoms with Crippen LogP contribution < -0.4 is 5.32 Å². The van der Waals surface area contributed by atoms with Crippen molar-refractivity contribution in [2.24, 2.45) is 5.41 Å². The van der Waals surface area contributed by atoms with Crippen LogP contribution in [0.25, 0.3) is 0 Å². The number of hydrogen-bond acceptors (Lipinski definition) is 6. The van der Waals surface area contributed by atoms with Crippen molar-refractivity contribution in [1.29, 1.82) is 0 Å². The van der Waals surface area contributed by atoms with Gasteiger partial charge in [0, 0.05) is 16.6 Å². The maximum atomic E-state index is 13.4. The van der Waals surface area contributed by atoms with E-state index in [9.17, 15) is 19.2 Å². The van der Waals surface area contributed by atoms with Gasteiger partial charge in [-0.3, -0.25) is 9.59 Å². The number of Topliss-reactive ketones (excluding diaryl/α,β-unsaturated/α-hetero) is 1. The van der Waals surface area contributed by atoms with Gasteiger partial charge in [0.1, 0.15) is 17.7 Å². The van der Waals surface area contributed by atoms with Crippen LogP contribution in [-0.4, -0.2) is 59.5 Å². The van der Waals surface area contributed by atoms with Gasteiger partial charge in [0.25, 0.3) is 0 Å². The van der Waals surface area contributed by atoms with Gasteiger partial charge in [-0.05, 0) is 51.2 Å². The predicted molar refractivity (Wildman–Crippen MR) is 127 cm³/mol. The van der Waals surface area contributed by atoms with Crippen LogP contribution in [0.4, 0.5) is 4.79 Å². The Hall–Kier alpha value is -2.42. The highest BCUT2D eigenvalue weighted by Gasteiger charge is 2.43. The second kappa shape index (κ2) is 10.7. The lowest BCUT2D eigenvalue weighted by atomic mass is 9.85. The maximum Gasteiger partial charge on any atom is 0.408 e. The summed E-state index contributed by atoms with van der Waals surface area (Å²) >= 11 is 3.31. The van der Waals surface area contributed by atoms with Crippen molar-refractivity contribution in [3.63, 3.8) is 0 Å². The molecular weight excluding hydrogens is 492 g/mol. The standard InChI is InChI=1S/C24H33BrN2O6/c1-23(2,3)19(26-22(31)33-24(4,5)6)20(29)27-13-7-8-17(27)21(30)32-14-18(28)15-9-11-16(25)12-10-15/h9-12,17,19H,7-8,13-14H2,1-6H3,(H,26,31). The summed E-state index contributed by atoms with van der Waals surface area (Å²) in [4.78, 5) is 52.2. The van der Waals surface area contributed by atoms with Gasteiger partial charge in [-0.1, -0.05) is 48.8 Å². The van der Waals surface area contributed by atoms with Gasteiger partial charge in [-0.15, -0.1) is 0 Å². The van der Waals surface area contributed by atoms with Crippen LogP contribution in [0, 0.1) is 5.41 Å². The average Bonchev–Trinajstić information content (AvgIpc) is 3.18. The molecule has 1 fully saturated rings. The van der Waals surface area contributed by atoms with Crippen LogP contribution in [-0.2, 0) is 19.1 Å². The second-order valence-corrected chi connectivity index (χ2v) is 11.1. The molecule has 2 amide bonds. The van der Waals surface area contributed by atoms with Crippen molar-refractivity contribution in [2.75, 3.05) is 13.2 Å². The van der Waals surface area contributed by atoms with Crippen LogP contribution in [0.2, 0.25) is 0 Å². The molecule has 0 aliphatic carbocycles. The van der Waals surface area contributed by atoms with Crippen molar-refractivity contribution in [3.05, 3.63) is 34.3 Å². The van der Waals surface area contributed by atoms with E-state index in [1.807, 2.05) is 20.8 Å². The molecule has 9 heteroatoms. The minimum Gasteiger partial charge on any atom is -0.456 e. The number of nitrogens with one attached hydrogen (secondary N) is 1. The lowest BCUT2D eigenvalue weighted by molar-refractivity contribution is -0.153. The first-order valence-electron chi connectivity index (χ1n) is 10.9. The highest BCUT2D eigenvalue weighted by molar-refractivity contribution is 9.10. The van der Waals surface area contributed by atoms with Gasteiger partial charge in [0.05, 0.1) is 0 Å². The maximum absolute atomic E-state index is 13.4. The third kappa shape index (κ3) is 7.84. The molecule has 0 spiro atoms. The second-order valence-electron chi connectivity index (χ2n) is 10.2. The van der Waals surface area contributed by atoms with E-state index in [1.54, 1.807) is 45.0 Å². The van der Waals surface area contributed by atoms with Crippen LogP contribution in [0.1, 0.15) is 64.7 Å². The molecule has 1 aromatic rings. The van der Waals surface area contributed by atoms with Crippen LogP contribution >= 0.6 is 15.9 Å². The molecule has 8 nitrogen and oxygen atoms in total. The molecule has 2 unspecified atom stereocenters. The number of ketones is 1. The molecule has 1 heterocycles. The van der Waals surface area contributed by atoms with Gasteiger partial charge < -0.3 is 19.7 Å². The smallest absolute Gasteiger partial charge is 0.408 e. The lowest BCUT2D eigenvalue weighted by Crippen LogP contribution is -2.57. The van der Waals surface area contributed by atoms with E-state index in [0.717, 1.165) is 4.47 Å². The number of halogens is 1. The number of nitrogens with zero attached hydrogens (tertiary/aromatic N) is 1. The number of benzene rings is 1. The van der Waals surface area contributed by atoms with Gasteiger partial charge in [-0.25, -0.2) is 9.59 Å². The molecule has 1 aliphatic heterocycles. The molecule has 33 heavy (non-hydrogen) atoms. The number of alkyl carbamates (subject to hydrolysis) is 1. The van der Waals surface area contributed by atoms with Crippen LogP contribution in [0.15, 0.2) is 28.7 Å². The summed E-state index contributed by atoms with van der Waals surface area (Å²) in [6.07, 6.45) is 0.352. The molecule has 2 atom stereocenters. The molecule has 0 radical (unpaired) electrons. The lowest BCUT2D eigenvalue weighted by Gasteiger charge is -2.35. The van der Waals surface area contributed by atoms with Crippen molar-refractivity contribution in [2.45, 2.75) is 72.1 Å². The van der Waals surface area contributed by atoms with Crippen molar-refractivity contribution < 1.29 is 28.7 Å². The average molecular weight is 525 g/mol. The van der Waals surface area contributed by atoms with E-state index < -0.39 is 41.8 Å². The highest BCUT2D eigenvalue weighted by Crippen LogP contribution is 2.27. The number of amides is 2. The molecule has 182 valence electrons.